The Morgan fingerprint density at radius 1 is 1.43 bits per heavy atom. The van der Waals surface area contributed by atoms with Gasteiger partial charge in [0.25, 0.3) is 0 Å². The highest BCUT2D eigenvalue weighted by Crippen LogP contribution is 2.23. The summed E-state index contributed by atoms with van der Waals surface area (Å²) in [6, 6.07) is 5.64. The van der Waals surface area contributed by atoms with Gasteiger partial charge in [-0.25, -0.2) is 4.98 Å². The first-order chi connectivity index (χ1) is 6.81. The molecule has 0 unspecified atom stereocenters. The fourth-order valence-electron chi connectivity index (χ4n) is 1.26. The number of benzene rings is 1. The lowest BCUT2D eigenvalue weighted by Crippen LogP contribution is -1.89. The van der Waals surface area contributed by atoms with Gasteiger partial charge in [-0.1, -0.05) is 12.7 Å². The fourth-order valence-corrected chi connectivity index (χ4v) is 1.26. The zero-order valence-corrected chi connectivity index (χ0v) is 7.60. The molecule has 0 aliphatic rings. The van der Waals surface area contributed by atoms with Crippen LogP contribution in [0.1, 0.15) is 5.56 Å². The predicted octanol–water partition coefficient (Wildman–Crippen LogP) is 2.57. The maximum atomic E-state index is 5.74. The van der Waals surface area contributed by atoms with E-state index in [1.54, 1.807) is 12.3 Å². The fraction of sp³-hybridized carbons (Fsp3) is 0. The molecule has 70 valence electrons. The lowest BCUT2D eigenvalue weighted by Gasteiger charge is -2.02. The number of anilines is 1. The highest BCUT2D eigenvalue weighted by Gasteiger charge is 2.03. The van der Waals surface area contributed by atoms with Gasteiger partial charge < -0.3 is 10.2 Å². The Hall–Kier alpha value is -2.03. The monoisotopic (exact) mass is 186 g/mol. The molecule has 0 saturated carbocycles. The minimum atomic E-state index is 0.711. The smallest absolute Gasteiger partial charge is 0.181 e. The molecule has 0 amide bonds. The van der Waals surface area contributed by atoms with Crippen LogP contribution >= 0.6 is 0 Å². The lowest BCUT2D eigenvalue weighted by atomic mass is 10.1. The van der Waals surface area contributed by atoms with Crippen molar-refractivity contribution in [3.63, 3.8) is 0 Å². The maximum absolute atomic E-state index is 5.74. The van der Waals surface area contributed by atoms with Crippen molar-refractivity contribution in [1.29, 1.82) is 0 Å². The van der Waals surface area contributed by atoms with Crippen LogP contribution in [-0.4, -0.2) is 4.98 Å². The molecule has 0 aliphatic carbocycles. The zero-order valence-electron chi connectivity index (χ0n) is 7.60. The predicted molar refractivity (Wildman–Crippen MR) is 56.4 cm³/mol. The minimum absolute atomic E-state index is 0.711. The zero-order chi connectivity index (χ0) is 9.97. The molecular formula is C11H10N2O. The summed E-state index contributed by atoms with van der Waals surface area (Å²) >= 11 is 0. The van der Waals surface area contributed by atoms with Crippen molar-refractivity contribution in [2.45, 2.75) is 0 Å². The van der Waals surface area contributed by atoms with Crippen LogP contribution in [-0.2, 0) is 0 Å². The second-order valence-corrected chi connectivity index (χ2v) is 2.91. The minimum Gasteiger partial charge on any atom is -0.444 e. The SMILES string of the molecule is C=Cc1cc(-c2cnco2)ccc1N. The highest BCUT2D eigenvalue weighted by atomic mass is 16.3. The molecule has 2 aromatic rings. The van der Waals surface area contributed by atoms with Crippen LogP contribution in [0.2, 0.25) is 0 Å². The standard InChI is InChI=1S/C11H10N2O/c1-2-8-5-9(3-4-10(8)12)11-6-13-7-14-11/h2-7H,1,12H2. The van der Waals surface area contributed by atoms with Gasteiger partial charge in [-0.3, -0.25) is 0 Å². The van der Waals surface area contributed by atoms with Gasteiger partial charge in [-0.05, 0) is 23.8 Å². The molecule has 3 heteroatoms. The molecule has 1 heterocycles. The van der Waals surface area contributed by atoms with Crippen molar-refractivity contribution < 1.29 is 4.42 Å². The third-order valence-electron chi connectivity index (χ3n) is 2.02. The Bertz CT molecular complexity index is 446. The topological polar surface area (TPSA) is 52.0 Å². The van der Waals surface area contributed by atoms with Crippen molar-refractivity contribution >= 4 is 11.8 Å². The molecule has 14 heavy (non-hydrogen) atoms. The summed E-state index contributed by atoms with van der Waals surface area (Å²) in [5, 5.41) is 0. The van der Waals surface area contributed by atoms with Crippen LogP contribution in [0, 0.1) is 0 Å². The Morgan fingerprint density at radius 3 is 2.93 bits per heavy atom. The number of nitrogens with two attached hydrogens (primary N) is 1. The van der Waals surface area contributed by atoms with Gasteiger partial charge in [0.1, 0.15) is 0 Å². The summed E-state index contributed by atoms with van der Waals surface area (Å²) in [5.41, 5.74) is 8.30. The van der Waals surface area contributed by atoms with Gasteiger partial charge in [0.2, 0.25) is 0 Å². The third-order valence-corrected chi connectivity index (χ3v) is 2.02. The molecule has 2 N–H and O–H groups in total. The van der Waals surface area contributed by atoms with E-state index in [0.29, 0.717) is 5.69 Å². The van der Waals surface area contributed by atoms with Crippen LogP contribution in [0.5, 0.6) is 0 Å². The molecule has 3 nitrogen and oxygen atoms in total. The summed E-state index contributed by atoms with van der Waals surface area (Å²) in [6.45, 7) is 3.69. The molecule has 1 aromatic heterocycles. The first-order valence-corrected chi connectivity index (χ1v) is 4.22. The number of nitrogen functional groups attached to an aromatic ring is 1. The van der Waals surface area contributed by atoms with E-state index in [2.05, 4.69) is 11.6 Å². The average molecular weight is 186 g/mol. The van der Waals surface area contributed by atoms with Crippen molar-refractivity contribution in [1.82, 2.24) is 4.98 Å². The molecule has 0 atom stereocenters. The lowest BCUT2D eigenvalue weighted by molar-refractivity contribution is 0.572. The summed E-state index contributed by atoms with van der Waals surface area (Å²) in [4.78, 5) is 3.85. The summed E-state index contributed by atoms with van der Waals surface area (Å²) < 4.78 is 5.17. The number of rotatable bonds is 2. The van der Waals surface area contributed by atoms with Crippen molar-refractivity contribution in [3.8, 4) is 11.3 Å². The van der Waals surface area contributed by atoms with E-state index >= 15 is 0 Å². The molecule has 0 radical (unpaired) electrons. The van der Waals surface area contributed by atoms with E-state index in [9.17, 15) is 0 Å². The van der Waals surface area contributed by atoms with Crippen LogP contribution in [0.25, 0.3) is 17.4 Å². The van der Waals surface area contributed by atoms with E-state index in [1.165, 1.54) is 6.39 Å². The molecule has 0 saturated heterocycles. The van der Waals surface area contributed by atoms with Gasteiger partial charge in [0.15, 0.2) is 12.2 Å². The van der Waals surface area contributed by atoms with Crippen LogP contribution in [0.3, 0.4) is 0 Å². The first kappa shape index (κ1) is 8.56. The number of hydrogen-bond donors (Lipinski definition) is 1. The van der Waals surface area contributed by atoms with Crippen molar-refractivity contribution in [3.05, 3.63) is 42.9 Å². The van der Waals surface area contributed by atoms with Gasteiger partial charge in [0.05, 0.1) is 6.20 Å². The van der Waals surface area contributed by atoms with Gasteiger partial charge in [0, 0.05) is 11.3 Å². The Morgan fingerprint density at radius 2 is 2.29 bits per heavy atom. The third kappa shape index (κ3) is 1.40. The second-order valence-electron chi connectivity index (χ2n) is 2.91. The van der Waals surface area contributed by atoms with Gasteiger partial charge >= 0.3 is 0 Å². The molecule has 0 aliphatic heterocycles. The molecule has 1 aromatic carbocycles. The van der Waals surface area contributed by atoms with E-state index in [4.69, 9.17) is 10.2 Å². The molecular weight excluding hydrogens is 176 g/mol. The number of aromatic nitrogens is 1. The second kappa shape index (κ2) is 3.38. The number of hydrogen-bond acceptors (Lipinski definition) is 3. The first-order valence-electron chi connectivity index (χ1n) is 4.22. The summed E-state index contributed by atoms with van der Waals surface area (Å²) in [6.07, 6.45) is 4.78. The van der Waals surface area contributed by atoms with E-state index in [1.807, 2.05) is 18.2 Å². The number of nitrogens with zero attached hydrogens (tertiary/aromatic N) is 1. The highest BCUT2D eigenvalue weighted by molar-refractivity contribution is 5.70. The van der Waals surface area contributed by atoms with E-state index in [-0.39, 0.29) is 0 Å². The van der Waals surface area contributed by atoms with Gasteiger partial charge in [-0.2, -0.15) is 0 Å². The van der Waals surface area contributed by atoms with Crippen LogP contribution in [0.4, 0.5) is 5.69 Å². The maximum Gasteiger partial charge on any atom is 0.181 e. The van der Waals surface area contributed by atoms with Crippen molar-refractivity contribution in [2.75, 3.05) is 5.73 Å². The molecule has 0 fully saturated rings. The quantitative estimate of drug-likeness (QED) is 0.733. The molecule has 0 spiro atoms. The van der Waals surface area contributed by atoms with E-state index in [0.717, 1.165) is 16.9 Å². The largest absolute Gasteiger partial charge is 0.444 e. The van der Waals surface area contributed by atoms with Crippen LogP contribution < -0.4 is 5.73 Å². The number of oxazole rings is 1. The Labute approximate surface area is 81.9 Å². The van der Waals surface area contributed by atoms with Crippen LogP contribution in [0.15, 0.2) is 41.8 Å². The normalized spacial score (nSPS) is 10.0. The van der Waals surface area contributed by atoms with Gasteiger partial charge in [-0.15, -0.1) is 0 Å². The summed E-state index contributed by atoms with van der Waals surface area (Å²) in [7, 11) is 0. The van der Waals surface area contributed by atoms with E-state index < -0.39 is 0 Å². The molecule has 2 rings (SSSR count). The average Bonchev–Trinajstić information content (AvgIpc) is 2.71. The van der Waals surface area contributed by atoms with Crippen molar-refractivity contribution in [2.24, 2.45) is 0 Å². The Kier molecular flexibility index (Phi) is 2.07. The summed E-state index contributed by atoms with van der Waals surface area (Å²) in [5.74, 6) is 0.730. The Balaban J connectivity index is 2.51. The molecule has 0 bridgehead atoms.